The van der Waals surface area contributed by atoms with Gasteiger partial charge in [0.05, 0.1) is 6.42 Å². The maximum Gasteiger partial charge on any atom is 0.390 e. The molecule has 2 N–H and O–H groups in total. The van der Waals surface area contributed by atoms with Gasteiger partial charge in [-0.15, -0.1) is 0 Å². The number of nitrogen functional groups attached to an aromatic ring is 1. The molecule has 34 heavy (non-hydrogen) atoms. The van der Waals surface area contributed by atoms with Gasteiger partial charge < -0.3 is 19.9 Å². The summed E-state index contributed by atoms with van der Waals surface area (Å²) in [6, 6.07) is 0. The minimum Gasteiger partial charge on any atom is -0.460 e. The van der Waals surface area contributed by atoms with Gasteiger partial charge in [-0.1, -0.05) is 18.5 Å². The lowest BCUT2D eigenvalue weighted by atomic mass is 10.1. The molecular formula is C19H23ClF3N5O6. The highest BCUT2D eigenvalue weighted by molar-refractivity contribution is 6.33. The molecule has 1 aliphatic rings. The summed E-state index contributed by atoms with van der Waals surface area (Å²) < 4.78 is 57.0. The fraction of sp³-hybridized carbons (Fsp3) is 0.632. The van der Waals surface area contributed by atoms with Crippen molar-refractivity contribution in [1.29, 1.82) is 0 Å². The quantitative estimate of drug-likeness (QED) is 0.439. The Labute approximate surface area is 195 Å². The molecule has 1 aliphatic heterocycles. The maximum absolute atomic E-state index is 13.3. The number of aryl methyl sites for hydroxylation is 1. The van der Waals surface area contributed by atoms with E-state index in [1.165, 1.54) is 6.92 Å². The second-order valence-electron chi connectivity index (χ2n) is 7.72. The number of alkyl halides is 3. The first-order valence-electron chi connectivity index (χ1n) is 10.3. The predicted octanol–water partition coefficient (Wildman–Crippen LogP) is 2.34. The number of nitrogens with two attached hydrogens (primary N) is 1. The first kappa shape index (κ1) is 25.7. The minimum atomic E-state index is -4.55. The van der Waals surface area contributed by atoms with Crippen LogP contribution in [0.3, 0.4) is 0 Å². The van der Waals surface area contributed by atoms with Crippen LogP contribution in [0.1, 0.15) is 46.3 Å². The van der Waals surface area contributed by atoms with Gasteiger partial charge in [0.25, 0.3) is 0 Å². The van der Waals surface area contributed by atoms with Gasteiger partial charge in [-0.3, -0.25) is 14.2 Å². The van der Waals surface area contributed by atoms with Crippen molar-refractivity contribution in [2.45, 2.75) is 77.3 Å². The van der Waals surface area contributed by atoms with Gasteiger partial charge in [0.1, 0.15) is 23.8 Å². The van der Waals surface area contributed by atoms with Crippen LogP contribution in [0.4, 0.5) is 19.1 Å². The average molecular weight is 510 g/mol. The summed E-state index contributed by atoms with van der Waals surface area (Å²) in [5.74, 6) is -1.57. The molecule has 0 saturated carbocycles. The largest absolute Gasteiger partial charge is 0.460 e. The number of ether oxygens (including phenoxy) is 3. The number of fused-ring (bicyclic) bond motifs is 1. The van der Waals surface area contributed by atoms with Gasteiger partial charge >= 0.3 is 23.8 Å². The van der Waals surface area contributed by atoms with Crippen molar-refractivity contribution < 1.29 is 37.0 Å². The van der Waals surface area contributed by atoms with Crippen molar-refractivity contribution in [3.8, 4) is 0 Å². The van der Waals surface area contributed by atoms with Crippen LogP contribution in [-0.2, 0) is 30.3 Å². The van der Waals surface area contributed by atoms with Crippen LogP contribution in [0.5, 0.6) is 0 Å². The molecule has 0 spiro atoms. The summed E-state index contributed by atoms with van der Waals surface area (Å²) in [6.07, 6.45) is -9.32. The Kier molecular flexibility index (Phi) is 7.41. The first-order valence-corrected chi connectivity index (χ1v) is 10.7. The number of carbonyl (C=O) groups is 2. The van der Waals surface area contributed by atoms with Crippen molar-refractivity contribution in [3.05, 3.63) is 15.6 Å². The van der Waals surface area contributed by atoms with Crippen molar-refractivity contribution in [1.82, 2.24) is 19.1 Å². The van der Waals surface area contributed by atoms with Crippen molar-refractivity contribution in [2.75, 3.05) is 5.73 Å². The molecule has 0 amide bonds. The summed E-state index contributed by atoms with van der Waals surface area (Å²) in [6.45, 7) is 3.35. The van der Waals surface area contributed by atoms with Crippen LogP contribution in [0.25, 0.3) is 11.2 Å². The lowest BCUT2D eigenvalue weighted by Crippen LogP contribution is -2.34. The fourth-order valence-electron chi connectivity index (χ4n) is 3.91. The maximum atomic E-state index is 13.3. The van der Waals surface area contributed by atoms with E-state index in [-0.39, 0.29) is 28.7 Å². The summed E-state index contributed by atoms with van der Waals surface area (Å²) in [5, 5.41) is -0.328. The number of esters is 2. The van der Waals surface area contributed by atoms with Crippen LogP contribution < -0.4 is 11.4 Å². The zero-order valence-electron chi connectivity index (χ0n) is 18.5. The van der Waals surface area contributed by atoms with Gasteiger partial charge in [0.15, 0.2) is 17.0 Å². The van der Waals surface area contributed by atoms with Crippen LogP contribution in [0.15, 0.2) is 4.79 Å². The molecule has 15 heteroatoms. The molecule has 0 aliphatic carbocycles. The van der Waals surface area contributed by atoms with Gasteiger partial charge in [0.2, 0.25) is 5.95 Å². The third-order valence-electron chi connectivity index (χ3n) is 5.20. The smallest absolute Gasteiger partial charge is 0.390 e. The van der Waals surface area contributed by atoms with Gasteiger partial charge in [-0.05, 0) is 6.42 Å². The highest BCUT2D eigenvalue weighted by Gasteiger charge is 2.45. The van der Waals surface area contributed by atoms with Crippen molar-refractivity contribution >= 4 is 40.7 Å². The SMILES string of the molecule is CC[C@H](OC(C)=O)[C@@H]1C[C@@H](OC(C)=O)[C@H](n2c(=O)n(CCC(F)(F)F)c3c(Cl)nc(N)nc32)O1. The predicted molar refractivity (Wildman–Crippen MR) is 112 cm³/mol. The molecule has 0 aromatic carbocycles. The van der Waals surface area contributed by atoms with Crippen LogP contribution in [-0.4, -0.2) is 55.5 Å². The highest BCUT2D eigenvalue weighted by Crippen LogP contribution is 2.36. The molecule has 11 nitrogen and oxygen atoms in total. The fourth-order valence-corrected chi connectivity index (χ4v) is 4.19. The molecule has 0 radical (unpaired) electrons. The number of hydrogen-bond acceptors (Lipinski definition) is 9. The second kappa shape index (κ2) is 9.78. The van der Waals surface area contributed by atoms with E-state index in [1.54, 1.807) is 6.92 Å². The lowest BCUT2D eigenvalue weighted by Gasteiger charge is -2.22. The molecule has 1 fully saturated rings. The van der Waals surface area contributed by atoms with Crippen LogP contribution in [0.2, 0.25) is 5.15 Å². The monoisotopic (exact) mass is 509 g/mol. The Bertz CT molecular complexity index is 1150. The highest BCUT2D eigenvalue weighted by atomic mass is 35.5. The molecular weight excluding hydrogens is 487 g/mol. The number of anilines is 1. The average Bonchev–Trinajstić information content (AvgIpc) is 3.21. The van der Waals surface area contributed by atoms with E-state index in [4.69, 9.17) is 31.5 Å². The molecule has 0 unspecified atom stereocenters. The normalized spacial score (nSPS) is 21.6. The summed E-state index contributed by atoms with van der Waals surface area (Å²) >= 11 is 6.12. The third kappa shape index (κ3) is 5.43. The van der Waals surface area contributed by atoms with E-state index in [1.807, 2.05) is 0 Å². The summed E-state index contributed by atoms with van der Waals surface area (Å²) in [7, 11) is 0. The minimum absolute atomic E-state index is 0.0476. The van der Waals surface area contributed by atoms with E-state index in [2.05, 4.69) is 9.97 Å². The number of rotatable bonds is 7. The second-order valence-corrected chi connectivity index (χ2v) is 8.08. The molecule has 3 rings (SSSR count). The molecule has 1 saturated heterocycles. The number of carbonyl (C=O) groups excluding carboxylic acids is 2. The third-order valence-corrected chi connectivity index (χ3v) is 5.46. The Hall–Kier alpha value is -2.87. The van der Waals surface area contributed by atoms with Gasteiger partial charge in [-0.25, -0.2) is 9.36 Å². The van der Waals surface area contributed by atoms with Crippen LogP contribution in [0, 0.1) is 0 Å². The van der Waals surface area contributed by atoms with Gasteiger partial charge in [-0.2, -0.15) is 23.1 Å². The Morgan fingerprint density at radius 2 is 1.97 bits per heavy atom. The Morgan fingerprint density at radius 1 is 1.29 bits per heavy atom. The summed E-state index contributed by atoms with van der Waals surface area (Å²) in [5.41, 5.74) is 4.36. The molecule has 188 valence electrons. The Balaban J connectivity index is 2.14. The van der Waals surface area contributed by atoms with Crippen molar-refractivity contribution in [3.63, 3.8) is 0 Å². The Morgan fingerprint density at radius 3 is 2.53 bits per heavy atom. The number of halogens is 4. The number of nitrogens with zero attached hydrogens (tertiary/aromatic N) is 4. The standard InChI is InChI=1S/C19H23ClF3N5O6/c1-4-10(32-8(2)29)11-7-12(33-9(3)30)16(34-11)28-15-13(14(20)25-17(24)26-15)27(18(28)31)6-5-19(21,22)23/h10-12,16H,4-7H2,1-3H3,(H2,24,25,26)/t10-,11-,12+,16+/m0/s1. The van der Waals surface area contributed by atoms with Crippen molar-refractivity contribution in [2.24, 2.45) is 0 Å². The van der Waals surface area contributed by atoms with E-state index < -0.39 is 61.3 Å². The summed E-state index contributed by atoms with van der Waals surface area (Å²) in [4.78, 5) is 44.2. The molecule has 3 heterocycles. The topological polar surface area (TPSA) is 141 Å². The molecule has 0 bridgehead atoms. The zero-order valence-corrected chi connectivity index (χ0v) is 19.2. The molecule has 2 aromatic heterocycles. The first-order chi connectivity index (χ1) is 15.8. The van der Waals surface area contributed by atoms with E-state index in [0.717, 1.165) is 16.1 Å². The number of hydrogen-bond donors (Lipinski definition) is 1. The van der Waals surface area contributed by atoms with Gasteiger partial charge in [0, 0.05) is 26.8 Å². The zero-order chi connectivity index (χ0) is 25.4. The molecule has 4 atom stereocenters. The van der Waals surface area contributed by atoms with E-state index in [9.17, 15) is 27.6 Å². The van der Waals surface area contributed by atoms with E-state index in [0.29, 0.717) is 6.42 Å². The number of aromatic nitrogens is 4. The lowest BCUT2D eigenvalue weighted by molar-refractivity contribution is -0.158. The van der Waals surface area contributed by atoms with Crippen LogP contribution >= 0.6 is 11.6 Å². The van der Waals surface area contributed by atoms with E-state index >= 15 is 0 Å². The molecule has 2 aromatic rings. The number of imidazole rings is 1.